The molecule has 1 aliphatic heterocycles. The lowest BCUT2D eigenvalue weighted by atomic mass is 10.1. The molecule has 1 N–H and O–H groups in total. The maximum Gasteiger partial charge on any atom is 0.240 e. The Hall–Kier alpha value is -1.99. The van der Waals surface area contributed by atoms with E-state index in [-0.39, 0.29) is 18.4 Å². The maximum absolute atomic E-state index is 12.4. The second kappa shape index (κ2) is 8.80. The smallest absolute Gasteiger partial charge is 0.240 e. The van der Waals surface area contributed by atoms with Gasteiger partial charge in [0.15, 0.2) is 0 Å². The first kappa shape index (κ1) is 19.8. The van der Waals surface area contributed by atoms with E-state index in [1.807, 2.05) is 26.2 Å². The van der Waals surface area contributed by atoms with Crippen LogP contribution >= 0.6 is 23.5 Å². The summed E-state index contributed by atoms with van der Waals surface area (Å²) in [5.41, 5.74) is 3.84. The molecule has 5 nitrogen and oxygen atoms in total. The van der Waals surface area contributed by atoms with Gasteiger partial charge in [0.1, 0.15) is 11.6 Å². The molecule has 7 heteroatoms. The minimum atomic E-state index is -0.151. The third-order valence-corrected chi connectivity index (χ3v) is 6.07. The quantitative estimate of drug-likeness (QED) is 0.753. The number of carbonyl (C=O) groups is 2. The van der Waals surface area contributed by atoms with Crippen LogP contribution in [0.3, 0.4) is 0 Å². The highest BCUT2D eigenvalue weighted by molar-refractivity contribution is 8.00. The molecule has 0 unspecified atom stereocenters. The van der Waals surface area contributed by atoms with E-state index in [2.05, 4.69) is 34.6 Å². The molecule has 1 aliphatic rings. The fourth-order valence-electron chi connectivity index (χ4n) is 3.06. The Kier molecular flexibility index (Phi) is 6.44. The highest BCUT2D eigenvalue weighted by Gasteiger charge is 2.29. The van der Waals surface area contributed by atoms with Crippen LogP contribution in [0.25, 0.3) is 0 Å². The zero-order chi connectivity index (χ0) is 19.4. The van der Waals surface area contributed by atoms with Crippen molar-refractivity contribution in [2.24, 2.45) is 0 Å². The van der Waals surface area contributed by atoms with Gasteiger partial charge in [-0.05, 0) is 55.9 Å². The maximum atomic E-state index is 12.4. The summed E-state index contributed by atoms with van der Waals surface area (Å²) >= 11 is 3.15. The Morgan fingerprint density at radius 3 is 2.74 bits per heavy atom. The number of hydrogen-bond donors (Lipinski definition) is 1. The van der Waals surface area contributed by atoms with Crippen molar-refractivity contribution in [3.8, 4) is 0 Å². The van der Waals surface area contributed by atoms with Crippen LogP contribution in [0.2, 0.25) is 0 Å². The molecular formula is C20H23N3O2S2. The number of anilines is 1. The van der Waals surface area contributed by atoms with Crippen LogP contribution in [0.1, 0.15) is 16.8 Å². The van der Waals surface area contributed by atoms with Gasteiger partial charge >= 0.3 is 0 Å². The summed E-state index contributed by atoms with van der Waals surface area (Å²) in [7, 11) is 0. The molecule has 2 heterocycles. The number of rotatable bonds is 6. The number of amides is 2. The molecule has 1 aromatic carbocycles. The molecule has 0 atom stereocenters. The van der Waals surface area contributed by atoms with Crippen molar-refractivity contribution in [1.29, 1.82) is 0 Å². The first-order valence-electron chi connectivity index (χ1n) is 8.79. The average molecular weight is 402 g/mol. The molecule has 0 radical (unpaired) electrons. The van der Waals surface area contributed by atoms with Crippen LogP contribution in [0.15, 0.2) is 40.3 Å². The van der Waals surface area contributed by atoms with Gasteiger partial charge in [-0.2, -0.15) is 0 Å². The predicted molar refractivity (Wildman–Crippen MR) is 112 cm³/mol. The summed E-state index contributed by atoms with van der Waals surface area (Å²) in [5, 5.41) is 3.75. The number of nitrogens with zero attached hydrogens (tertiary/aromatic N) is 2. The molecule has 0 spiro atoms. The van der Waals surface area contributed by atoms with Crippen molar-refractivity contribution in [2.75, 3.05) is 30.0 Å². The van der Waals surface area contributed by atoms with E-state index in [0.717, 1.165) is 28.4 Å². The fourth-order valence-corrected chi connectivity index (χ4v) is 4.50. The summed E-state index contributed by atoms with van der Waals surface area (Å²) in [5.74, 6) is 0.115. The van der Waals surface area contributed by atoms with Gasteiger partial charge in [-0.3, -0.25) is 14.5 Å². The number of aromatic nitrogens is 1. The lowest BCUT2D eigenvalue weighted by Gasteiger charge is -2.29. The molecule has 3 rings (SSSR count). The first-order valence-corrected chi connectivity index (χ1v) is 11.0. The number of nitrogens with one attached hydrogen (secondary N) is 1. The minimum Gasteiger partial charge on any atom is -0.354 e. The highest BCUT2D eigenvalue weighted by atomic mass is 32.2. The topological polar surface area (TPSA) is 62.3 Å². The Labute approximate surface area is 168 Å². The largest absolute Gasteiger partial charge is 0.354 e. The van der Waals surface area contributed by atoms with Crippen molar-refractivity contribution in [1.82, 2.24) is 10.3 Å². The number of thioether (sulfide) groups is 2. The molecule has 1 aromatic heterocycles. The standard InChI is InChI=1S/C20H23N3O2S2/c1-13-10-14(2)22-20-19(13)23(18(25)12-27-20)11-17(24)21-9-8-15-4-6-16(26-3)7-5-15/h4-7,10H,8-9,11-12H2,1-3H3,(H,21,24). The van der Waals surface area contributed by atoms with Crippen molar-refractivity contribution < 1.29 is 9.59 Å². The normalized spacial score (nSPS) is 13.4. The zero-order valence-corrected chi connectivity index (χ0v) is 17.4. The van der Waals surface area contributed by atoms with E-state index in [1.54, 1.807) is 16.7 Å². The summed E-state index contributed by atoms with van der Waals surface area (Å²) in [4.78, 5) is 32.1. The number of benzene rings is 1. The van der Waals surface area contributed by atoms with Crippen molar-refractivity contribution in [3.63, 3.8) is 0 Å². The van der Waals surface area contributed by atoms with Crippen LogP contribution in [0, 0.1) is 13.8 Å². The van der Waals surface area contributed by atoms with E-state index in [1.165, 1.54) is 22.2 Å². The number of aryl methyl sites for hydroxylation is 2. The Balaban J connectivity index is 1.60. The third kappa shape index (κ3) is 4.84. The van der Waals surface area contributed by atoms with Gasteiger partial charge in [-0.1, -0.05) is 23.9 Å². The predicted octanol–water partition coefficient (Wildman–Crippen LogP) is 3.22. The Morgan fingerprint density at radius 1 is 1.30 bits per heavy atom. The summed E-state index contributed by atoms with van der Waals surface area (Å²) in [6, 6.07) is 10.3. The van der Waals surface area contributed by atoms with Gasteiger partial charge in [0, 0.05) is 17.1 Å². The molecular weight excluding hydrogens is 378 g/mol. The van der Waals surface area contributed by atoms with Crippen LogP contribution in [-0.4, -0.2) is 41.9 Å². The van der Waals surface area contributed by atoms with Crippen molar-refractivity contribution >= 4 is 41.0 Å². The molecule has 27 heavy (non-hydrogen) atoms. The number of hydrogen-bond acceptors (Lipinski definition) is 5. The summed E-state index contributed by atoms with van der Waals surface area (Å²) in [6.45, 7) is 4.47. The number of pyridine rings is 1. The van der Waals surface area contributed by atoms with Gasteiger partial charge in [0.2, 0.25) is 11.8 Å². The zero-order valence-electron chi connectivity index (χ0n) is 15.7. The first-order chi connectivity index (χ1) is 13.0. The SMILES string of the molecule is CSc1ccc(CCNC(=O)CN2C(=O)CSc3nc(C)cc(C)c32)cc1. The molecule has 0 saturated carbocycles. The molecule has 0 fully saturated rings. The molecule has 0 aliphatic carbocycles. The van der Waals surface area contributed by atoms with E-state index < -0.39 is 0 Å². The average Bonchev–Trinajstić information content (AvgIpc) is 2.64. The molecule has 0 bridgehead atoms. The lowest BCUT2D eigenvalue weighted by molar-refractivity contribution is -0.122. The van der Waals surface area contributed by atoms with Crippen molar-refractivity contribution in [2.45, 2.75) is 30.2 Å². The monoisotopic (exact) mass is 401 g/mol. The van der Waals surface area contributed by atoms with Gasteiger partial charge in [0.05, 0.1) is 11.4 Å². The summed E-state index contributed by atoms with van der Waals surface area (Å²) in [6.07, 6.45) is 2.81. The van der Waals surface area contributed by atoms with Crippen LogP contribution < -0.4 is 10.2 Å². The lowest BCUT2D eigenvalue weighted by Crippen LogP contribution is -2.44. The second-order valence-corrected chi connectivity index (χ2v) is 8.29. The molecule has 0 saturated heterocycles. The van der Waals surface area contributed by atoms with Crippen LogP contribution in [-0.2, 0) is 16.0 Å². The minimum absolute atomic E-state index is 0.0311. The van der Waals surface area contributed by atoms with E-state index >= 15 is 0 Å². The third-order valence-electron chi connectivity index (χ3n) is 4.38. The highest BCUT2D eigenvalue weighted by Crippen LogP contribution is 2.36. The number of carbonyl (C=O) groups excluding carboxylic acids is 2. The van der Waals surface area contributed by atoms with Gasteiger partial charge in [-0.15, -0.1) is 11.8 Å². The summed E-state index contributed by atoms with van der Waals surface area (Å²) < 4.78 is 0. The Morgan fingerprint density at radius 2 is 2.04 bits per heavy atom. The second-order valence-electron chi connectivity index (χ2n) is 6.45. The molecule has 2 aromatic rings. The number of fused-ring (bicyclic) bond motifs is 1. The van der Waals surface area contributed by atoms with Gasteiger partial charge in [0.25, 0.3) is 0 Å². The molecule has 2 amide bonds. The molecule has 142 valence electrons. The van der Waals surface area contributed by atoms with Crippen LogP contribution in [0.5, 0.6) is 0 Å². The van der Waals surface area contributed by atoms with Crippen LogP contribution in [0.4, 0.5) is 5.69 Å². The fraction of sp³-hybridized carbons (Fsp3) is 0.350. The van der Waals surface area contributed by atoms with Gasteiger partial charge < -0.3 is 5.32 Å². The van der Waals surface area contributed by atoms with E-state index in [9.17, 15) is 9.59 Å². The van der Waals surface area contributed by atoms with Crippen molar-refractivity contribution in [3.05, 3.63) is 47.2 Å². The van der Waals surface area contributed by atoms with E-state index in [4.69, 9.17) is 0 Å². The van der Waals surface area contributed by atoms with Gasteiger partial charge in [-0.25, -0.2) is 4.98 Å². The Bertz CT molecular complexity index is 853. The van der Waals surface area contributed by atoms with E-state index in [0.29, 0.717) is 12.3 Å².